The predicted octanol–water partition coefficient (Wildman–Crippen LogP) is 2.52. The van der Waals surface area contributed by atoms with Crippen molar-refractivity contribution >= 4 is 27.3 Å². The Hall–Kier alpha value is -0.400. The molecule has 4 heteroatoms. The minimum absolute atomic E-state index is 0.364. The van der Waals surface area contributed by atoms with Crippen LogP contribution in [-0.2, 0) is 0 Å². The van der Waals surface area contributed by atoms with Crippen molar-refractivity contribution in [2.24, 2.45) is 0 Å². The second-order valence-electron chi connectivity index (χ2n) is 1.34. The maximum Gasteiger partial charge on any atom is 0.149 e. The predicted molar refractivity (Wildman–Crippen MR) is 36.7 cm³/mol. The van der Waals surface area contributed by atoms with E-state index < -0.39 is 0 Å². The van der Waals surface area contributed by atoms with E-state index in [-0.39, 0.29) is 5.82 Å². The van der Waals surface area contributed by atoms with Crippen LogP contribution >= 0.6 is 27.3 Å². The van der Waals surface area contributed by atoms with E-state index in [0.717, 1.165) is 11.3 Å². The Kier molecular flexibility index (Phi) is 1.84. The molecular weight excluding hydrogens is 205 g/mol. The number of halogens is 2. The number of nitrogens with zero attached hydrogens (tertiary/aromatic N) is 1. The summed E-state index contributed by atoms with van der Waals surface area (Å²) in [6, 6.07) is 3.04. The molecule has 0 spiro atoms. The highest BCUT2D eigenvalue weighted by molar-refractivity contribution is 9.11. The standard InChI is InChI=1S/C5HBrFNS/c6-5-4(7)1-3(2-8)9-5/h1H. The van der Waals surface area contributed by atoms with Gasteiger partial charge in [0.15, 0.2) is 0 Å². The van der Waals surface area contributed by atoms with Crippen LogP contribution in [0.1, 0.15) is 4.88 Å². The molecule has 1 nitrogen and oxygen atoms in total. The van der Waals surface area contributed by atoms with Gasteiger partial charge in [-0.2, -0.15) is 5.26 Å². The molecule has 0 unspecified atom stereocenters. The maximum absolute atomic E-state index is 12.3. The first-order chi connectivity index (χ1) is 4.24. The largest absolute Gasteiger partial charge is 0.205 e. The van der Waals surface area contributed by atoms with Gasteiger partial charge in [0, 0.05) is 6.07 Å². The molecule has 1 aromatic rings. The number of hydrogen-bond acceptors (Lipinski definition) is 2. The first kappa shape index (κ1) is 6.72. The van der Waals surface area contributed by atoms with Gasteiger partial charge in [-0.15, -0.1) is 11.3 Å². The van der Waals surface area contributed by atoms with E-state index in [0.29, 0.717) is 8.66 Å². The molecule has 0 atom stereocenters. The van der Waals surface area contributed by atoms with Gasteiger partial charge in [-0.1, -0.05) is 0 Å². The van der Waals surface area contributed by atoms with Gasteiger partial charge in [0.25, 0.3) is 0 Å². The van der Waals surface area contributed by atoms with Crippen LogP contribution < -0.4 is 0 Å². The van der Waals surface area contributed by atoms with Crippen LogP contribution in [0.4, 0.5) is 4.39 Å². The van der Waals surface area contributed by atoms with E-state index in [1.54, 1.807) is 0 Å². The van der Waals surface area contributed by atoms with Gasteiger partial charge >= 0.3 is 0 Å². The molecule has 0 aliphatic heterocycles. The third-order valence-electron chi connectivity index (χ3n) is 0.755. The minimum Gasteiger partial charge on any atom is -0.205 e. The van der Waals surface area contributed by atoms with Crippen LogP contribution in [0, 0.1) is 17.1 Å². The third-order valence-corrected chi connectivity index (χ3v) is 2.42. The van der Waals surface area contributed by atoms with Gasteiger partial charge in [0.05, 0.1) is 0 Å². The second kappa shape index (κ2) is 2.46. The summed E-state index contributed by atoms with van der Waals surface area (Å²) < 4.78 is 12.7. The summed E-state index contributed by atoms with van der Waals surface area (Å²) >= 11 is 4.04. The Morgan fingerprint density at radius 1 is 1.78 bits per heavy atom. The normalized spacial score (nSPS) is 9.00. The lowest BCUT2D eigenvalue weighted by Crippen LogP contribution is -1.59. The zero-order valence-electron chi connectivity index (χ0n) is 4.19. The Labute approximate surface area is 63.9 Å². The Morgan fingerprint density at radius 2 is 2.44 bits per heavy atom. The summed E-state index contributed by atoms with van der Waals surface area (Å²) in [6.07, 6.45) is 0. The Balaban J connectivity index is 3.16. The average Bonchev–Trinajstić information content (AvgIpc) is 2.13. The minimum atomic E-state index is -0.364. The van der Waals surface area contributed by atoms with Crippen LogP contribution in [0.2, 0.25) is 0 Å². The van der Waals surface area contributed by atoms with Gasteiger partial charge < -0.3 is 0 Å². The van der Waals surface area contributed by atoms with Crippen molar-refractivity contribution in [3.05, 3.63) is 20.5 Å². The summed E-state index contributed by atoms with van der Waals surface area (Å²) in [4.78, 5) is 0.388. The lowest BCUT2D eigenvalue weighted by Gasteiger charge is -1.72. The molecule has 0 saturated carbocycles. The van der Waals surface area contributed by atoms with Crippen molar-refractivity contribution in [1.29, 1.82) is 5.26 Å². The van der Waals surface area contributed by atoms with E-state index in [1.807, 2.05) is 6.07 Å². The number of thiophene rings is 1. The first-order valence-corrected chi connectivity index (χ1v) is 3.70. The van der Waals surface area contributed by atoms with Crippen molar-refractivity contribution in [2.75, 3.05) is 0 Å². The van der Waals surface area contributed by atoms with E-state index in [4.69, 9.17) is 5.26 Å². The average molecular weight is 206 g/mol. The van der Waals surface area contributed by atoms with Crippen LogP contribution in [0.5, 0.6) is 0 Å². The number of hydrogen-bond donors (Lipinski definition) is 0. The lowest BCUT2D eigenvalue weighted by atomic mass is 10.5. The molecule has 0 radical (unpaired) electrons. The molecule has 1 heterocycles. The molecule has 46 valence electrons. The molecule has 0 aliphatic rings. The SMILES string of the molecule is N#Cc1cc(F)c(Br)s1. The van der Waals surface area contributed by atoms with Crippen molar-refractivity contribution in [2.45, 2.75) is 0 Å². The third kappa shape index (κ3) is 1.29. The topological polar surface area (TPSA) is 23.8 Å². The molecule has 9 heavy (non-hydrogen) atoms. The fraction of sp³-hybridized carbons (Fsp3) is 0. The van der Waals surface area contributed by atoms with E-state index >= 15 is 0 Å². The molecule has 0 saturated heterocycles. The van der Waals surface area contributed by atoms with Gasteiger partial charge in [-0.05, 0) is 15.9 Å². The van der Waals surface area contributed by atoms with E-state index in [2.05, 4.69) is 15.9 Å². The highest BCUT2D eigenvalue weighted by Crippen LogP contribution is 2.25. The smallest absolute Gasteiger partial charge is 0.149 e. The zero-order chi connectivity index (χ0) is 6.85. The quantitative estimate of drug-likeness (QED) is 0.639. The molecule has 0 bridgehead atoms. The van der Waals surface area contributed by atoms with Crippen LogP contribution in [0.3, 0.4) is 0 Å². The van der Waals surface area contributed by atoms with E-state index in [9.17, 15) is 4.39 Å². The van der Waals surface area contributed by atoms with Gasteiger partial charge in [0.2, 0.25) is 0 Å². The van der Waals surface area contributed by atoms with Crippen LogP contribution in [0.25, 0.3) is 0 Å². The molecule has 0 fully saturated rings. The number of rotatable bonds is 0. The van der Waals surface area contributed by atoms with Crippen molar-refractivity contribution < 1.29 is 4.39 Å². The van der Waals surface area contributed by atoms with Crippen LogP contribution in [0.15, 0.2) is 9.85 Å². The molecule has 0 aliphatic carbocycles. The Morgan fingerprint density at radius 3 is 2.67 bits per heavy atom. The Bertz CT molecular complexity index is 243. The van der Waals surface area contributed by atoms with Crippen molar-refractivity contribution in [3.8, 4) is 6.07 Å². The highest BCUT2D eigenvalue weighted by Gasteiger charge is 2.03. The summed E-state index contributed by atoms with van der Waals surface area (Å²) in [7, 11) is 0. The molecule has 0 aromatic carbocycles. The van der Waals surface area contributed by atoms with Gasteiger partial charge in [-0.3, -0.25) is 0 Å². The molecule has 1 rings (SSSR count). The fourth-order valence-corrected chi connectivity index (χ4v) is 1.60. The summed E-state index contributed by atoms with van der Waals surface area (Å²) in [5.41, 5.74) is 0. The molecule has 1 aromatic heterocycles. The monoisotopic (exact) mass is 205 g/mol. The summed E-state index contributed by atoms with van der Waals surface area (Å²) in [5, 5.41) is 8.25. The van der Waals surface area contributed by atoms with Crippen molar-refractivity contribution in [3.63, 3.8) is 0 Å². The molecular formula is C5HBrFNS. The lowest BCUT2D eigenvalue weighted by molar-refractivity contribution is 0.627. The van der Waals surface area contributed by atoms with Crippen molar-refractivity contribution in [1.82, 2.24) is 0 Å². The number of nitriles is 1. The van der Waals surface area contributed by atoms with Gasteiger partial charge in [-0.25, -0.2) is 4.39 Å². The fourth-order valence-electron chi connectivity index (χ4n) is 0.402. The zero-order valence-corrected chi connectivity index (χ0v) is 6.59. The van der Waals surface area contributed by atoms with E-state index in [1.165, 1.54) is 6.07 Å². The van der Waals surface area contributed by atoms with Crippen LogP contribution in [-0.4, -0.2) is 0 Å². The van der Waals surface area contributed by atoms with Gasteiger partial charge in [0.1, 0.15) is 20.6 Å². The first-order valence-electron chi connectivity index (χ1n) is 2.09. The molecule has 0 N–H and O–H groups in total. The maximum atomic E-state index is 12.3. The molecule has 0 amide bonds. The highest BCUT2D eigenvalue weighted by atomic mass is 79.9. The summed E-state index contributed by atoms with van der Waals surface area (Å²) in [5.74, 6) is -0.364. The second-order valence-corrected chi connectivity index (χ2v) is 3.71. The summed E-state index contributed by atoms with van der Waals surface area (Å²) in [6.45, 7) is 0.